The largest absolute Gasteiger partial charge is 0.423 e. The number of rotatable bonds is 2. The summed E-state index contributed by atoms with van der Waals surface area (Å²) >= 11 is 0. The van der Waals surface area contributed by atoms with Crippen molar-refractivity contribution in [3.8, 4) is 0 Å². The van der Waals surface area contributed by atoms with Gasteiger partial charge < -0.3 is 4.42 Å². The van der Waals surface area contributed by atoms with E-state index in [-0.39, 0.29) is 11.9 Å². The molecule has 0 bridgehead atoms. The summed E-state index contributed by atoms with van der Waals surface area (Å²) < 4.78 is 5.34. The topological polar surface area (TPSA) is 55.1 Å². The van der Waals surface area contributed by atoms with Crippen LogP contribution in [-0.4, -0.2) is 10.9 Å². The molecule has 4 heteroatoms. The van der Waals surface area contributed by atoms with Crippen molar-refractivity contribution in [2.24, 2.45) is 0 Å². The third kappa shape index (κ3) is 1.98. The number of oxazole rings is 1. The predicted molar refractivity (Wildman–Crippen MR) is 57.7 cm³/mol. The van der Waals surface area contributed by atoms with E-state index in [4.69, 9.17) is 4.42 Å². The molecular weight excluding hydrogens is 192 g/mol. The second-order valence-electron chi connectivity index (χ2n) is 3.36. The zero-order valence-electron chi connectivity index (χ0n) is 8.70. The first-order chi connectivity index (χ1) is 7.19. The van der Waals surface area contributed by atoms with Gasteiger partial charge in [-0.05, 0) is 24.1 Å². The molecule has 1 N–H and O–H groups in total. The molecule has 15 heavy (non-hydrogen) atoms. The van der Waals surface area contributed by atoms with Crippen molar-refractivity contribution in [3.63, 3.8) is 0 Å². The number of hydrogen-bond donors (Lipinski definition) is 1. The second-order valence-corrected chi connectivity index (χ2v) is 3.36. The van der Waals surface area contributed by atoms with Crippen LogP contribution in [0.2, 0.25) is 0 Å². The molecule has 0 atom stereocenters. The number of aryl methyl sites for hydroxylation is 1. The van der Waals surface area contributed by atoms with Gasteiger partial charge in [-0.15, -0.1) is 0 Å². The van der Waals surface area contributed by atoms with E-state index >= 15 is 0 Å². The van der Waals surface area contributed by atoms with Crippen LogP contribution in [0.1, 0.15) is 19.4 Å². The SMILES string of the molecule is CCc1ccc2oc(NC(C)=O)nc2c1. The van der Waals surface area contributed by atoms with Crippen LogP contribution >= 0.6 is 0 Å². The highest BCUT2D eigenvalue weighted by Gasteiger charge is 2.06. The number of benzene rings is 1. The minimum absolute atomic E-state index is 0.183. The predicted octanol–water partition coefficient (Wildman–Crippen LogP) is 2.35. The highest BCUT2D eigenvalue weighted by Crippen LogP contribution is 2.20. The lowest BCUT2D eigenvalue weighted by molar-refractivity contribution is -0.114. The van der Waals surface area contributed by atoms with Crippen LogP contribution in [0.3, 0.4) is 0 Å². The normalized spacial score (nSPS) is 10.5. The molecule has 1 aromatic carbocycles. The van der Waals surface area contributed by atoms with Crippen molar-refractivity contribution in [3.05, 3.63) is 23.8 Å². The first-order valence-electron chi connectivity index (χ1n) is 4.86. The number of anilines is 1. The van der Waals surface area contributed by atoms with Gasteiger partial charge in [-0.1, -0.05) is 13.0 Å². The molecule has 0 radical (unpaired) electrons. The Kier molecular flexibility index (Phi) is 2.41. The molecule has 0 aliphatic rings. The van der Waals surface area contributed by atoms with Crippen molar-refractivity contribution >= 4 is 23.0 Å². The van der Waals surface area contributed by atoms with Crippen molar-refractivity contribution in [1.29, 1.82) is 0 Å². The molecule has 78 valence electrons. The molecule has 0 spiro atoms. The zero-order chi connectivity index (χ0) is 10.8. The zero-order valence-corrected chi connectivity index (χ0v) is 8.70. The lowest BCUT2D eigenvalue weighted by atomic mass is 10.1. The molecule has 0 saturated carbocycles. The Morgan fingerprint density at radius 1 is 1.53 bits per heavy atom. The molecule has 1 amide bonds. The maximum atomic E-state index is 10.8. The molecular formula is C11H12N2O2. The maximum Gasteiger partial charge on any atom is 0.302 e. The van der Waals surface area contributed by atoms with Gasteiger partial charge in [0.2, 0.25) is 5.91 Å². The first-order valence-corrected chi connectivity index (χ1v) is 4.86. The number of hydrogen-bond acceptors (Lipinski definition) is 3. The van der Waals surface area contributed by atoms with Gasteiger partial charge >= 0.3 is 6.01 Å². The summed E-state index contributed by atoms with van der Waals surface area (Å²) in [7, 11) is 0. The molecule has 0 fully saturated rings. The highest BCUT2D eigenvalue weighted by atomic mass is 16.4. The minimum atomic E-state index is -0.183. The van der Waals surface area contributed by atoms with Gasteiger partial charge in [0.05, 0.1) is 0 Å². The third-order valence-corrected chi connectivity index (χ3v) is 2.14. The summed E-state index contributed by atoms with van der Waals surface area (Å²) in [6, 6.07) is 6.08. The highest BCUT2D eigenvalue weighted by molar-refractivity contribution is 5.88. The fourth-order valence-corrected chi connectivity index (χ4v) is 1.40. The Morgan fingerprint density at radius 3 is 3.00 bits per heavy atom. The van der Waals surface area contributed by atoms with Gasteiger partial charge in [-0.25, -0.2) is 0 Å². The molecule has 0 saturated heterocycles. The monoisotopic (exact) mass is 204 g/mol. The van der Waals surface area contributed by atoms with Crippen LogP contribution in [0.25, 0.3) is 11.1 Å². The first kappa shape index (κ1) is 9.71. The maximum absolute atomic E-state index is 10.8. The average Bonchev–Trinajstić information content (AvgIpc) is 2.57. The summed E-state index contributed by atoms with van der Waals surface area (Å²) in [4.78, 5) is 15.0. The average molecular weight is 204 g/mol. The van der Waals surface area contributed by atoms with Crippen LogP contribution in [0.5, 0.6) is 0 Å². The number of aromatic nitrogens is 1. The number of fused-ring (bicyclic) bond motifs is 1. The van der Waals surface area contributed by atoms with Crippen molar-refractivity contribution in [2.75, 3.05) is 5.32 Å². The molecule has 0 unspecified atom stereocenters. The van der Waals surface area contributed by atoms with E-state index in [0.29, 0.717) is 5.58 Å². The van der Waals surface area contributed by atoms with Gasteiger partial charge in [-0.3, -0.25) is 10.1 Å². The third-order valence-electron chi connectivity index (χ3n) is 2.14. The van der Waals surface area contributed by atoms with Crippen LogP contribution < -0.4 is 5.32 Å². The Morgan fingerprint density at radius 2 is 2.33 bits per heavy atom. The fraction of sp³-hybridized carbons (Fsp3) is 0.273. The number of carbonyl (C=O) groups excluding carboxylic acids is 1. The number of carbonyl (C=O) groups is 1. The quantitative estimate of drug-likeness (QED) is 0.816. The number of nitrogens with zero attached hydrogens (tertiary/aromatic N) is 1. The smallest absolute Gasteiger partial charge is 0.302 e. The van der Waals surface area contributed by atoms with Crippen LogP contribution in [-0.2, 0) is 11.2 Å². The van der Waals surface area contributed by atoms with Gasteiger partial charge in [-0.2, -0.15) is 4.98 Å². The van der Waals surface area contributed by atoms with Gasteiger partial charge in [0.1, 0.15) is 5.52 Å². The van der Waals surface area contributed by atoms with Gasteiger partial charge in [0, 0.05) is 6.92 Å². The molecule has 1 heterocycles. The standard InChI is InChI=1S/C11H12N2O2/c1-3-8-4-5-10-9(6-8)13-11(15-10)12-7(2)14/h4-6H,3H2,1-2H3,(H,12,13,14). The number of amides is 1. The Hall–Kier alpha value is -1.84. The Balaban J connectivity index is 2.42. The number of nitrogens with one attached hydrogen (secondary N) is 1. The summed E-state index contributed by atoms with van der Waals surface area (Å²) in [6.45, 7) is 3.50. The lowest BCUT2D eigenvalue weighted by Gasteiger charge is -1.92. The molecule has 0 aliphatic heterocycles. The van der Waals surface area contributed by atoms with Crippen LogP contribution in [0.15, 0.2) is 22.6 Å². The summed E-state index contributed by atoms with van der Waals surface area (Å²) in [5.74, 6) is -0.183. The van der Waals surface area contributed by atoms with Crippen LogP contribution in [0, 0.1) is 0 Å². The molecule has 1 aromatic heterocycles. The van der Waals surface area contributed by atoms with E-state index < -0.39 is 0 Å². The molecule has 0 aliphatic carbocycles. The van der Waals surface area contributed by atoms with E-state index in [1.165, 1.54) is 12.5 Å². The van der Waals surface area contributed by atoms with Crippen molar-refractivity contribution in [2.45, 2.75) is 20.3 Å². The van der Waals surface area contributed by atoms with E-state index in [2.05, 4.69) is 17.2 Å². The van der Waals surface area contributed by atoms with E-state index in [1.807, 2.05) is 18.2 Å². The van der Waals surface area contributed by atoms with E-state index in [9.17, 15) is 4.79 Å². The molecule has 2 aromatic rings. The Labute approximate surface area is 87.3 Å². The minimum Gasteiger partial charge on any atom is -0.423 e. The Bertz CT molecular complexity index is 502. The summed E-state index contributed by atoms with van der Waals surface area (Å²) in [5, 5.41) is 2.51. The van der Waals surface area contributed by atoms with Crippen molar-refractivity contribution in [1.82, 2.24) is 4.98 Å². The van der Waals surface area contributed by atoms with Gasteiger partial charge in [0.15, 0.2) is 5.58 Å². The summed E-state index contributed by atoms with van der Waals surface area (Å²) in [6.07, 6.45) is 0.957. The van der Waals surface area contributed by atoms with Crippen LogP contribution in [0.4, 0.5) is 6.01 Å². The molecule has 2 rings (SSSR count). The van der Waals surface area contributed by atoms with Gasteiger partial charge in [0.25, 0.3) is 0 Å². The molecule has 4 nitrogen and oxygen atoms in total. The lowest BCUT2D eigenvalue weighted by Crippen LogP contribution is -2.05. The van der Waals surface area contributed by atoms with E-state index in [1.54, 1.807) is 0 Å². The van der Waals surface area contributed by atoms with E-state index in [0.717, 1.165) is 11.9 Å². The summed E-state index contributed by atoms with van der Waals surface area (Å²) in [5.41, 5.74) is 2.67. The van der Waals surface area contributed by atoms with Crippen molar-refractivity contribution < 1.29 is 9.21 Å². The second kappa shape index (κ2) is 3.73. The fourth-order valence-electron chi connectivity index (χ4n) is 1.40.